The normalized spacial score (nSPS) is 20.0. The number of nitrogens with zero attached hydrogens (tertiary/aromatic N) is 3. The van der Waals surface area contributed by atoms with E-state index in [2.05, 4.69) is 10.3 Å². The third-order valence-corrected chi connectivity index (χ3v) is 8.69. The number of nitrogens with one attached hydrogen (secondary N) is 1. The minimum Gasteiger partial charge on any atom is -0.309 e. The predicted molar refractivity (Wildman–Crippen MR) is 120 cm³/mol. The maximum Gasteiger partial charge on any atom is 0.243 e. The Hall–Kier alpha value is -2.30. The summed E-state index contributed by atoms with van der Waals surface area (Å²) in [6.07, 6.45) is 1.57. The van der Waals surface area contributed by atoms with E-state index in [4.69, 9.17) is 0 Å². The Morgan fingerprint density at radius 2 is 1.94 bits per heavy atom. The Morgan fingerprint density at radius 1 is 1.23 bits per heavy atom. The number of carbonyl (C=O) groups is 2. The van der Waals surface area contributed by atoms with Crippen LogP contribution in [0.1, 0.15) is 37.9 Å². The van der Waals surface area contributed by atoms with E-state index in [9.17, 15) is 18.0 Å². The summed E-state index contributed by atoms with van der Waals surface area (Å²) in [6, 6.07) is 5.00. The molecule has 0 saturated carbocycles. The van der Waals surface area contributed by atoms with Crippen LogP contribution in [0.25, 0.3) is 0 Å². The first-order valence-electron chi connectivity index (χ1n) is 10.3. The van der Waals surface area contributed by atoms with Gasteiger partial charge >= 0.3 is 0 Å². The third-order valence-electron chi connectivity index (χ3n) is 5.92. The van der Waals surface area contributed by atoms with Gasteiger partial charge in [-0.25, -0.2) is 13.4 Å². The molecule has 10 heteroatoms. The van der Waals surface area contributed by atoms with E-state index in [-0.39, 0.29) is 28.7 Å². The molecule has 3 heterocycles. The summed E-state index contributed by atoms with van der Waals surface area (Å²) < 4.78 is 27.8. The number of aromatic nitrogens is 1. The van der Waals surface area contributed by atoms with Gasteiger partial charge in [-0.05, 0) is 56.9 Å². The number of amides is 2. The van der Waals surface area contributed by atoms with Crippen molar-refractivity contribution in [2.45, 2.75) is 51.0 Å². The Labute approximate surface area is 186 Å². The summed E-state index contributed by atoms with van der Waals surface area (Å²) in [5, 5.41) is 5.28. The van der Waals surface area contributed by atoms with Crippen molar-refractivity contribution in [3.63, 3.8) is 0 Å². The van der Waals surface area contributed by atoms with Crippen LogP contribution >= 0.6 is 11.3 Å². The van der Waals surface area contributed by atoms with E-state index < -0.39 is 10.0 Å². The predicted octanol–water partition coefficient (Wildman–Crippen LogP) is 2.79. The second kappa shape index (κ2) is 8.33. The molecule has 1 saturated heterocycles. The average molecular weight is 463 g/mol. The number of fused-ring (bicyclic) bond motifs is 1. The van der Waals surface area contributed by atoms with Crippen molar-refractivity contribution in [1.29, 1.82) is 0 Å². The van der Waals surface area contributed by atoms with Gasteiger partial charge < -0.3 is 10.2 Å². The molecule has 1 fully saturated rings. The molecule has 2 aromatic rings. The van der Waals surface area contributed by atoms with Crippen LogP contribution in [0.2, 0.25) is 0 Å². The second-order valence-electron chi connectivity index (χ2n) is 8.19. The van der Waals surface area contributed by atoms with Crippen molar-refractivity contribution in [1.82, 2.24) is 9.29 Å². The average Bonchev–Trinajstić information content (AvgIpc) is 3.28. The quantitative estimate of drug-likeness (QED) is 0.753. The number of hydrogen-bond acceptors (Lipinski definition) is 6. The highest BCUT2D eigenvalue weighted by atomic mass is 32.2. The van der Waals surface area contributed by atoms with Crippen LogP contribution in [-0.2, 0) is 26.0 Å². The zero-order chi connectivity index (χ0) is 22.3. The van der Waals surface area contributed by atoms with Gasteiger partial charge in [-0.15, -0.1) is 11.3 Å². The molecule has 2 amide bonds. The summed E-state index contributed by atoms with van der Waals surface area (Å²) in [5.74, 6) is -0.391. The number of benzene rings is 1. The summed E-state index contributed by atoms with van der Waals surface area (Å²) in [4.78, 5) is 30.6. The first-order valence-corrected chi connectivity index (χ1v) is 12.6. The third kappa shape index (κ3) is 4.24. The molecule has 0 bridgehead atoms. The zero-order valence-electron chi connectivity index (χ0n) is 17.8. The summed E-state index contributed by atoms with van der Waals surface area (Å²) in [5.41, 5.74) is 2.51. The molecule has 8 nitrogen and oxygen atoms in total. The van der Waals surface area contributed by atoms with Gasteiger partial charge in [0.2, 0.25) is 21.8 Å². The highest BCUT2D eigenvalue weighted by Gasteiger charge is 2.34. The Morgan fingerprint density at radius 3 is 2.55 bits per heavy atom. The van der Waals surface area contributed by atoms with Crippen LogP contribution in [0.4, 0.5) is 10.8 Å². The molecule has 0 spiro atoms. The smallest absolute Gasteiger partial charge is 0.243 e. The highest BCUT2D eigenvalue weighted by Crippen LogP contribution is 2.35. The van der Waals surface area contributed by atoms with Crippen LogP contribution in [-0.4, -0.2) is 48.7 Å². The first kappa shape index (κ1) is 21.9. The monoisotopic (exact) mass is 462 g/mol. The van der Waals surface area contributed by atoms with Crippen LogP contribution in [0.3, 0.4) is 0 Å². The van der Waals surface area contributed by atoms with Crippen molar-refractivity contribution in [2.75, 3.05) is 23.3 Å². The number of hydrogen-bond donors (Lipinski definition) is 1. The van der Waals surface area contributed by atoms with Crippen molar-refractivity contribution in [3.8, 4) is 0 Å². The second-order valence-corrected chi connectivity index (χ2v) is 11.0. The molecule has 166 valence electrons. The number of anilines is 2. The van der Waals surface area contributed by atoms with E-state index in [1.54, 1.807) is 23.1 Å². The fraction of sp³-hybridized carbons (Fsp3) is 0.476. The van der Waals surface area contributed by atoms with Gasteiger partial charge in [0, 0.05) is 43.0 Å². The Bertz CT molecular complexity index is 1120. The fourth-order valence-electron chi connectivity index (χ4n) is 4.37. The topological polar surface area (TPSA) is 99.7 Å². The molecule has 31 heavy (non-hydrogen) atoms. The van der Waals surface area contributed by atoms with Crippen LogP contribution in [0.15, 0.2) is 28.5 Å². The minimum absolute atomic E-state index is 0.0151. The maximum atomic E-state index is 13.2. The standard InChI is InChI=1S/C21H26N4O4S2/c1-13-12-30-21(22-13)23-20(27)16-6-8-24(9-7-16)31(28,29)18-4-5-19-17(11-18)10-14(2)25(19)15(3)26/h4-5,11-12,14,16H,6-10H2,1-3H3,(H,22,23,27)/t14-/m0/s1. The van der Waals surface area contributed by atoms with Crippen LogP contribution in [0.5, 0.6) is 0 Å². The maximum absolute atomic E-state index is 13.2. The lowest BCUT2D eigenvalue weighted by atomic mass is 9.97. The largest absolute Gasteiger partial charge is 0.309 e. The molecule has 2 aliphatic heterocycles. The number of piperidine rings is 1. The summed E-state index contributed by atoms with van der Waals surface area (Å²) >= 11 is 1.38. The summed E-state index contributed by atoms with van der Waals surface area (Å²) in [6.45, 7) is 5.94. The minimum atomic E-state index is -3.66. The highest BCUT2D eigenvalue weighted by molar-refractivity contribution is 7.89. The molecule has 2 aliphatic rings. The number of aryl methyl sites for hydroxylation is 1. The molecule has 4 rings (SSSR count). The fourth-order valence-corrected chi connectivity index (χ4v) is 6.59. The van der Waals surface area contributed by atoms with E-state index >= 15 is 0 Å². The molecule has 1 aromatic carbocycles. The van der Waals surface area contributed by atoms with Crippen LogP contribution in [0, 0.1) is 12.8 Å². The zero-order valence-corrected chi connectivity index (χ0v) is 19.4. The molecule has 1 atom stereocenters. The molecule has 1 aromatic heterocycles. The first-order chi connectivity index (χ1) is 14.7. The Kier molecular flexibility index (Phi) is 5.89. The van der Waals surface area contributed by atoms with E-state index in [1.807, 2.05) is 19.2 Å². The van der Waals surface area contributed by atoms with Gasteiger partial charge in [-0.3, -0.25) is 9.59 Å². The van der Waals surface area contributed by atoms with E-state index in [0.717, 1.165) is 16.9 Å². The van der Waals surface area contributed by atoms with Gasteiger partial charge in [0.1, 0.15) is 0 Å². The van der Waals surface area contributed by atoms with E-state index in [0.29, 0.717) is 37.5 Å². The van der Waals surface area contributed by atoms with Crippen LogP contribution < -0.4 is 10.2 Å². The van der Waals surface area contributed by atoms with Crippen molar-refractivity contribution in [3.05, 3.63) is 34.8 Å². The molecule has 0 aliphatic carbocycles. The molecule has 1 N–H and O–H groups in total. The summed E-state index contributed by atoms with van der Waals surface area (Å²) in [7, 11) is -3.66. The van der Waals surface area contributed by atoms with Gasteiger partial charge in [0.15, 0.2) is 5.13 Å². The van der Waals surface area contributed by atoms with Gasteiger partial charge in [-0.1, -0.05) is 0 Å². The number of rotatable bonds is 4. The molecular formula is C21H26N4O4S2. The number of sulfonamides is 1. The molecule has 0 unspecified atom stereocenters. The van der Waals surface area contributed by atoms with Gasteiger partial charge in [-0.2, -0.15) is 4.31 Å². The van der Waals surface area contributed by atoms with Gasteiger partial charge in [0.05, 0.1) is 10.6 Å². The number of carbonyl (C=O) groups excluding carboxylic acids is 2. The SMILES string of the molecule is CC(=O)N1c2ccc(S(=O)(=O)N3CCC(C(=O)Nc4nc(C)cs4)CC3)cc2C[C@@H]1C. The lowest BCUT2D eigenvalue weighted by molar-refractivity contribution is -0.121. The van der Waals surface area contributed by atoms with E-state index in [1.165, 1.54) is 22.6 Å². The lowest BCUT2D eigenvalue weighted by Crippen LogP contribution is -2.41. The van der Waals surface area contributed by atoms with Crippen molar-refractivity contribution < 1.29 is 18.0 Å². The Balaban J connectivity index is 1.43. The molecular weight excluding hydrogens is 436 g/mol. The number of thiazole rings is 1. The lowest BCUT2D eigenvalue weighted by Gasteiger charge is -2.30. The van der Waals surface area contributed by atoms with Crippen molar-refractivity contribution in [2.24, 2.45) is 5.92 Å². The van der Waals surface area contributed by atoms with Gasteiger partial charge in [0.25, 0.3) is 0 Å². The van der Waals surface area contributed by atoms with Crippen molar-refractivity contribution >= 4 is 44.0 Å². The molecule has 0 radical (unpaired) electrons.